The molecule has 0 aromatic heterocycles. The summed E-state index contributed by atoms with van der Waals surface area (Å²) < 4.78 is 10.9. The van der Waals surface area contributed by atoms with Gasteiger partial charge in [-0.2, -0.15) is 0 Å². The number of ether oxygens (including phenoxy) is 2. The lowest BCUT2D eigenvalue weighted by atomic mass is 9.75. The molecule has 0 amide bonds. The second-order valence-electron chi connectivity index (χ2n) is 13.2. The summed E-state index contributed by atoms with van der Waals surface area (Å²) in [6, 6.07) is 6.96. The van der Waals surface area contributed by atoms with Gasteiger partial charge in [0, 0.05) is 59.6 Å². The molecule has 0 bridgehead atoms. The van der Waals surface area contributed by atoms with Crippen molar-refractivity contribution in [1.82, 2.24) is 4.90 Å². The number of anilines is 1. The number of carbonyl (C=O) groups is 2. The highest BCUT2D eigenvalue weighted by atomic mass is 16.5. The van der Waals surface area contributed by atoms with Gasteiger partial charge in [0.2, 0.25) is 0 Å². The quantitative estimate of drug-likeness (QED) is 0.444. The van der Waals surface area contributed by atoms with Crippen molar-refractivity contribution >= 4 is 18.6 Å². The Bertz CT molecular complexity index is 901. The Morgan fingerprint density at radius 2 is 1.23 bits per heavy atom. The van der Waals surface area contributed by atoms with Crippen LogP contribution in [0.5, 0.6) is 0 Å². The lowest BCUT2D eigenvalue weighted by molar-refractivity contribution is -0.149. The summed E-state index contributed by atoms with van der Waals surface area (Å²) in [5.41, 5.74) is 3.04. The summed E-state index contributed by atoms with van der Waals surface area (Å²) in [6.07, 6.45) is 2.99. The Balaban J connectivity index is 2.09. The minimum absolute atomic E-state index is 0.0758. The van der Waals surface area contributed by atoms with Crippen molar-refractivity contribution in [3.8, 4) is 0 Å². The van der Waals surface area contributed by atoms with E-state index in [0.29, 0.717) is 12.9 Å². The molecule has 3 rings (SSSR count). The molecular weight excluding hydrogens is 440 g/mol. The van der Waals surface area contributed by atoms with Crippen molar-refractivity contribution in [3.05, 3.63) is 29.3 Å². The minimum Gasteiger partial charge on any atom is -0.464 e. The van der Waals surface area contributed by atoms with Gasteiger partial charge >= 0.3 is 0 Å². The summed E-state index contributed by atoms with van der Waals surface area (Å²) in [4.78, 5) is 27.4. The van der Waals surface area contributed by atoms with E-state index in [2.05, 4.69) is 97.2 Å². The van der Waals surface area contributed by atoms with Crippen LogP contribution in [0, 0.1) is 6.92 Å². The van der Waals surface area contributed by atoms with Crippen LogP contribution in [0.4, 0.5) is 5.69 Å². The van der Waals surface area contributed by atoms with Crippen molar-refractivity contribution in [2.45, 2.75) is 135 Å². The lowest BCUT2D eigenvalue weighted by Crippen LogP contribution is -2.64. The van der Waals surface area contributed by atoms with Crippen molar-refractivity contribution in [3.63, 3.8) is 0 Å². The molecule has 196 valence electrons. The topological polar surface area (TPSA) is 59.1 Å². The maximum atomic E-state index is 11.1. The van der Waals surface area contributed by atoms with E-state index in [-0.39, 0.29) is 40.4 Å². The molecule has 1 atom stereocenters. The Morgan fingerprint density at radius 3 is 1.66 bits per heavy atom. The Morgan fingerprint density at radius 1 is 0.800 bits per heavy atom. The smallest absolute Gasteiger partial charge is 0.293 e. The van der Waals surface area contributed by atoms with Gasteiger partial charge in [0.25, 0.3) is 12.9 Å². The number of piperidine rings is 2. The van der Waals surface area contributed by atoms with E-state index in [1.165, 1.54) is 16.8 Å². The van der Waals surface area contributed by atoms with Crippen LogP contribution in [-0.4, -0.2) is 52.2 Å². The van der Waals surface area contributed by atoms with E-state index in [1.807, 2.05) is 0 Å². The highest BCUT2D eigenvalue weighted by Gasteiger charge is 2.51. The number of carbonyl (C=O) groups excluding carboxylic acids is 2. The summed E-state index contributed by atoms with van der Waals surface area (Å²) in [5.74, 6) is 0. The van der Waals surface area contributed by atoms with Gasteiger partial charge in [-0.05, 0) is 86.4 Å². The maximum absolute atomic E-state index is 11.1. The molecule has 2 fully saturated rings. The summed E-state index contributed by atoms with van der Waals surface area (Å²) in [5, 5.41) is 0. The van der Waals surface area contributed by atoms with E-state index in [9.17, 15) is 9.59 Å². The molecule has 1 aromatic carbocycles. The molecule has 6 nitrogen and oxygen atoms in total. The van der Waals surface area contributed by atoms with Crippen molar-refractivity contribution in [2.24, 2.45) is 0 Å². The molecule has 2 aliphatic rings. The van der Waals surface area contributed by atoms with Crippen LogP contribution in [0.3, 0.4) is 0 Å². The number of rotatable bonds is 7. The third-order valence-corrected chi connectivity index (χ3v) is 8.18. The zero-order valence-corrected chi connectivity index (χ0v) is 23.5. The second-order valence-corrected chi connectivity index (χ2v) is 13.2. The predicted molar refractivity (Wildman–Crippen MR) is 141 cm³/mol. The van der Waals surface area contributed by atoms with Crippen LogP contribution in [0.25, 0.3) is 0 Å². The van der Waals surface area contributed by atoms with Crippen LogP contribution in [0.2, 0.25) is 0 Å². The van der Waals surface area contributed by atoms with Gasteiger partial charge in [0.1, 0.15) is 12.2 Å². The Kier molecular flexibility index (Phi) is 7.40. The van der Waals surface area contributed by atoms with Crippen LogP contribution in [-0.2, 0) is 19.1 Å². The molecule has 2 heterocycles. The molecule has 1 aromatic rings. The normalized spacial score (nSPS) is 25.0. The maximum Gasteiger partial charge on any atom is 0.293 e. The van der Waals surface area contributed by atoms with E-state index in [4.69, 9.17) is 9.47 Å². The number of likely N-dealkylation sites (tertiary alicyclic amines) is 1. The highest BCUT2D eigenvalue weighted by Crippen LogP contribution is 2.50. The molecule has 0 aliphatic carbocycles. The zero-order valence-electron chi connectivity index (χ0n) is 23.5. The average Bonchev–Trinajstić information content (AvgIpc) is 2.64. The number of benzene rings is 1. The summed E-state index contributed by atoms with van der Waals surface area (Å²) >= 11 is 0. The summed E-state index contributed by atoms with van der Waals surface area (Å²) in [7, 11) is 0. The fraction of sp³-hybridized carbons (Fsp3) is 0.724. The first kappa shape index (κ1) is 27.5. The Labute approximate surface area is 212 Å². The van der Waals surface area contributed by atoms with Crippen molar-refractivity contribution in [1.29, 1.82) is 0 Å². The van der Waals surface area contributed by atoms with Gasteiger partial charge in [-0.15, -0.1) is 0 Å². The fourth-order valence-corrected chi connectivity index (χ4v) is 7.78. The van der Waals surface area contributed by atoms with E-state index in [1.54, 1.807) is 0 Å². The van der Waals surface area contributed by atoms with Gasteiger partial charge in [-0.25, -0.2) is 0 Å². The number of aryl methyl sites for hydroxylation is 1. The summed E-state index contributed by atoms with van der Waals surface area (Å²) in [6.45, 7) is 23.7. The molecule has 0 spiro atoms. The van der Waals surface area contributed by atoms with Gasteiger partial charge < -0.3 is 14.4 Å². The standard InChI is InChI=1S/C29H46N2O4/c1-20-11-12-24(21(2)30-26(3,4)14-22(34-18-32)15-27(30,5)6)25(13-20)31-28(7,8)16-23(35-19-33)17-29(31,9)10/h11-13,18-19,21-23H,14-17H2,1-10H3. The molecule has 35 heavy (non-hydrogen) atoms. The molecule has 6 heteroatoms. The molecule has 1 unspecified atom stereocenters. The average molecular weight is 487 g/mol. The first-order valence-electron chi connectivity index (χ1n) is 12.9. The highest BCUT2D eigenvalue weighted by molar-refractivity contribution is 5.61. The van der Waals surface area contributed by atoms with Crippen LogP contribution in [0.15, 0.2) is 18.2 Å². The third kappa shape index (κ3) is 5.37. The monoisotopic (exact) mass is 486 g/mol. The molecule has 0 saturated carbocycles. The van der Waals surface area contributed by atoms with E-state index in [0.717, 1.165) is 25.7 Å². The molecule has 2 aliphatic heterocycles. The lowest BCUT2D eigenvalue weighted by Gasteiger charge is -2.59. The molecule has 0 N–H and O–H groups in total. The van der Waals surface area contributed by atoms with Gasteiger partial charge in [0.05, 0.1) is 0 Å². The number of hydrogen-bond acceptors (Lipinski definition) is 6. The zero-order chi connectivity index (χ0) is 26.4. The van der Waals surface area contributed by atoms with Gasteiger partial charge in [-0.3, -0.25) is 14.5 Å². The Hall–Kier alpha value is -2.08. The van der Waals surface area contributed by atoms with Gasteiger partial charge in [-0.1, -0.05) is 12.1 Å². The SMILES string of the molecule is Cc1ccc(C(C)N2C(C)(C)CC(OC=O)CC2(C)C)c(N2C(C)(C)CC(OC=O)CC2(C)C)c1. The third-order valence-electron chi connectivity index (χ3n) is 8.18. The van der Waals surface area contributed by atoms with Crippen LogP contribution >= 0.6 is 0 Å². The first-order valence-corrected chi connectivity index (χ1v) is 12.9. The largest absolute Gasteiger partial charge is 0.464 e. The van der Waals surface area contributed by atoms with Crippen LogP contribution < -0.4 is 4.90 Å². The minimum atomic E-state index is -0.201. The first-order chi connectivity index (χ1) is 16.1. The number of hydrogen-bond donors (Lipinski definition) is 0. The molecular formula is C29H46N2O4. The van der Waals surface area contributed by atoms with Crippen LogP contribution in [0.1, 0.15) is 105 Å². The predicted octanol–water partition coefficient (Wildman–Crippen LogP) is 5.95. The second kappa shape index (κ2) is 9.42. The fourth-order valence-electron chi connectivity index (χ4n) is 7.78. The molecule has 2 saturated heterocycles. The molecule has 0 radical (unpaired) electrons. The van der Waals surface area contributed by atoms with E-state index >= 15 is 0 Å². The van der Waals surface area contributed by atoms with E-state index < -0.39 is 0 Å². The van der Waals surface area contributed by atoms with Gasteiger partial charge in [0.15, 0.2) is 0 Å². The van der Waals surface area contributed by atoms with Crippen molar-refractivity contribution < 1.29 is 19.1 Å². The van der Waals surface area contributed by atoms with Crippen molar-refractivity contribution in [2.75, 3.05) is 4.90 Å². The number of nitrogens with zero attached hydrogens (tertiary/aromatic N) is 2.